The second kappa shape index (κ2) is 10.7. The van der Waals surface area contributed by atoms with Gasteiger partial charge in [-0.05, 0) is 158 Å². The Morgan fingerprint density at radius 2 is 1.46 bits per heavy atom. The minimum absolute atomic E-state index is 0.168. The van der Waals surface area contributed by atoms with Crippen LogP contribution in [-0.4, -0.2) is 0 Å². The molecular formula is C46H43NO. The zero-order valence-corrected chi connectivity index (χ0v) is 28.1. The van der Waals surface area contributed by atoms with Gasteiger partial charge in [-0.3, -0.25) is 0 Å². The zero-order valence-electron chi connectivity index (χ0n) is 28.1. The highest BCUT2D eigenvalue weighted by Crippen LogP contribution is 2.69. The van der Waals surface area contributed by atoms with Gasteiger partial charge in [0.1, 0.15) is 11.3 Å². The average Bonchev–Trinajstić information content (AvgIpc) is 3.59. The van der Waals surface area contributed by atoms with Crippen LogP contribution in [0.15, 0.2) is 119 Å². The number of hydrogen-bond donors (Lipinski definition) is 0. The van der Waals surface area contributed by atoms with Gasteiger partial charge in [-0.2, -0.15) is 0 Å². The van der Waals surface area contributed by atoms with E-state index in [0.717, 1.165) is 47.9 Å². The van der Waals surface area contributed by atoms with Crippen molar-refractivity contribution in [3.05, 3.63) is 143 Å². The summed E-state index contributed by atoms with van der Waals surface area (Å²) < 4.78 is 6.20. The number of fused-ring (bicyclic) bond motifs is 4. The van der Waals surface area contributed by atoms with Gasteiger partial charge in [0.05, 0.1) is 0 Å². The summed E-state index contributed by atoms with van der Waals surface area (Å²) in [6.07, 6.45) is 18.0. The number of furan rings is 1. The topological polar surface area (TPSA) is 16.4 Å². The molecule has 1 aromatic heterocycles. The number of hydrogen-bond acceptors (Lipinski definition) is 2. The van der Waals surface area contributed by atoms with Crippen LogP contribution in [0.5, 0.6) is 0 Å². The number of nitrogens with zero attached hydrogens (tertiary/aromatic N) is 1. The Balaban J connectivity index is 1.07. The van der Waals surface area contributed by atoms with Gasteiger partial charge in [-0.25, -0.2) is 0 Å². The Bertz CT molecular complexity index is 2150. The Labute approximate surface area is 284 Å². The minimum Gasteiger partial charge on any atom is -0.461 e. The number of aryl methyl sites for hydroxylation is 1. The predicted molar refractivity (Wildman–Crippen MR) is 199 cm³/mol. The summed E-state index contributed by atoms with van der Waals surface area (Å²) in [6.45, 7) is 4.12. The van der Waals surface area contributed by atoms with Gasteiger partial charge in [0.15, 0.2) is 0 Å². The van der Waals surface area contributed by atoms with Crippen LogP contribution in [0.1, 0.15) is 79.9 Å². The maximum absolute atomic E-state index is 6.20. The molecule has 48 heavy (non-hydrogen) atoms. The largest absolute Gasteiger partial charge is 0.461 e. The smallest absolute Gasteiger partial charge is 0.135 e. The summed E-state index contributed by atoms with van der Waals surface area (Å²) in [5, 5.41) is 1.19. The molecule has 4 fully saturated rings. The molecule has 2 heteroatoms. The molecule has 4 bridgehead atoms. The van der Waals surface area contributed by atoms with Crippen LogP contribution in [-0.2, 0) is 5.41 Å². The van der Waals surface area contributed by atoms with Crippen molar-refractivity contribution >= 4 is 34.0 Å². The van der Waals surface area contributed by atoms with E-state index in [-0.39, 0.29) is 5.41 Å². The van der Waals surface area contributed by atoms with E-state index in [1.54, 1.807) is 11.1 Å². The average molecular weight is 626 g/mol. The molecule has 0 atom stereocenters. The molecule has 0 unspecified atom stereocenters. The minimum atomic E-state index is 0.168. The van der Waals surface area contributed by atoms with E-state index in [0.29, 0.717) is 0 Å². The third-order valence-corrected chi connectivity index (χ3v) is 12.8. The molecule has 0 amide bonds. The van der Waals surface area contributed by atoms with E-state index in [4.69, 9.17) is 4.42 Å². The van der Waals surface area contributed by atoms with Gasteiger partial charge in [0.25, 0.3) is 0 Å². The third kappa shape index (κ3) is 4.04. The molecule has 0 radical (unpaired) electrons. The van der Waals surface area contributed by atoms with Gasteiger partial charge >= 0.3 is 0 Å². The molecule has 4 saturated carbocycles. The predicted octanol–water partition coefficient (Wildman–Crippen LogP) is 12.4. The Kier molecular flexibility index (Phi) is 6.36. The maximum Gasteiger partial charge on any atom is 0.135 e. The van der Waals surface area contributed by atoms with Crippen molar-refractivity contribution in [2.75, 3.05) is 4.90 Å². The van der Waals surface area contributed by atoms with E-state index in [1.807, 2.05) is 0 Å². The molecule has 238 valence electrons. The van der Waals surface area contributed by atoms with Crippen molar-refractivity contribution in [2.24, 2.45) is 23.7 Å². The first-order chi connectivity index (χ1) is 23.6. The van der Waals surface area contributed by atoms with E-state index >= 15 is 0 Å². The lowest BCUT2D eigenvalue weighted by Gasteiger charge is -2.61. The monoisotopic (exact) mass is 625 g/mol. The van der Waals surface area contributed by atoms with Crippen LogP contribution < -0.4 is 4.90 Å². The van der Waals surface area contributed by atoms with Crippen LogP contribution in [0.3, 0.4) is 0 Å². The molecule has 0 aliphatic heterocycles. The highest BCUT2D eigenvalue weighted by atomic mass is 16.3. The van der Waals surface area contributed by atoms with E-state index in [9.17, 15) is 0 Å². The van der Waals surface area contributed by atoms with Crippen molar-refractivity contribution in [3.63, 3.8) is 0 Å². The normalized spacial score (nSPS) is 26.6. The molecule has 6 aliphatic carbocycles. The van der Waals surface area contributed by atoms with E-state index in [1.165, 1.54) is 82.4 Å². The Morgan fingerprint density at radius 1 is 0.708 bits per heavy atom. The lowest BCUT2D eigenvalue weighted by Crippen LogP contribution is -2.55. The lowest BCUT2D eigenvalue weighted by atomic mass is 9.43. The SMILES string of the molecule is C/C=C\c1c(C)oc2cc(C3=CC=C(N(c4ccccc4)c4ccc5c(c4)C4(c6ccccc6-5)C5CC6CC(C5)CC4C6)CC3)ccc12. The first kappa shape index (κ1) is 28.5. The standard InChI is InChI=1S/C46H43NO/c1-3-9-39-29(2)48-45-27-33(16-20-42(39)45)32-14-17-37(18-15-32)47(36-10-5-4-6-11-36)38-19-21-41-40-12-7-8-13-43(40)46(44(41)28-38)34-23-30-22-31(25-34)26-35(46)24-30/h3-14,16-17,19-21,27-28,30-31,34-35H,15,18,22-26H2,1-2H3/b9-3-. The van der Waals surface area contributed by atoms with Crippen LogP contribution in [0, 0.1) is 30.6 Å². The van der Waals surface area contributed by atoms with Gasteiger partial charge in [-0.15, -0.1) is 0 Å². The van der Waals surface area contributed by atoms with Gasteiger partial charge in [-0.1, -0.05) is 72.8 Å². The number of rotatable bonds is 5. The van der Waals surface area contributed by atoms with Gasteiger partial charge in [0.2, 0.25) is 0 Å². The molecule has 5 aromatic rings. The van der Waals surface area contributed by atoms with E-state index < -0.39 is 0 Å². The zero-order chi connectivity index (χ0) is 32.0. The van der Waals surface area contributed by atoms with E-state index in [2.05, 4.69) is 134 Å². The highest BCUT2D eigenvalue weighted by molar-refractivity contribution is 5.91. The molecule has 1 spiro atoms. The second-order valence-corrected chi connectivity index (χ2v) is 15.3. The summed E-state index contributed by atoms with van der Waals surface area (Å²) in [4.78, 5) is 2.54. The maximum atomic E-state index is 6.20. The molecule has 6 aliphatic rings. The Morgan fingerprint density at radius 3 is 2.21 bits per heavy atom. The van der Waals surface area contributed by atoms with Crippen molar-refractivity contribution in [2.45, 2.75) is 64.2 Å². The first-order valence-corrected chi connectivity index (χ1v) is 18.3. The van der Waals surface area contributed by atoms with Crippen molar-refractivity contribution < 1.29 is 4.42 Å². The molecule has 0 saturated heterocycles. The van der Waals surface area contributed by atoms with Gasteiger partial charge in [0, 0.05) is 33.4 Å². The second-order valence-electron chi connectivity index (χ2n) is 15.3. The molecule has 2 nitrogen and oxygen atoms in total. The molecule has 11 rings (SSSR count). The number of anilines is 2. The van der Waals surface area contributed by atoms with Crippen molar-refractivity contribution in [3.8, 4) is 11.1 Å². The molecule has 0 N–H and O–H groups in total. The quantitative estimate of drug-likeness (QED) is 0.193. The summed E-state index contributed by atoms with van der Waals surface area (Å²) in [7, 11) is 0. The van der Waals surface area contributed by atoms with Gasteiger partial charge < -0.3 is 9.32 Å². The fourth-order valence-electron chi connectivity index (χ4n) is 11.2. The number of benzene rings is 4. The first-order valence-electron chi connectivity index (χ1n) is 18.3. The third-order valence-electron chi connectivity index (χ3n) is 12.8. The van der Waals surface area contributed by atoms with Crippen LogP contribution in [0.4, 0.5) is 11.4 Å². The number of para-hydroxylation sites is 1. The van der Waals surface area contributed by atoms with Crippen molar-refractivity contribution in [1.29, 1.82) is 0 Å². The van der Waals surface area contributed by atoms with Crippen LogP contribution in [0.25, 0.3) is 33.7 Å². The fourth-order valence-corrected chi connectivity index (χ4v) is 11.2. The molecular weight excluding hydrogens is 583 g/mol. The molecule has 1 heterocycles. The van der Waals surface area contributed by atoms with Crippen LogP contribution in [0.2, 0.25) is 0 Å². The summed E-state index contributed by atoms with van der Waals surface area (Å²) in [5.41, 5.74) is 15.0. The Hall–Kier alpha value is -4.56. The lowest BCUT2D eigenvalue weighted by molar-refractivity contribution is -0.0399. The van der Waals surface area contributed by atoms with Crippen LogP contribution >= 0.6 is 0 Å². The summed E-state index contributed by atoms with van der Waals surface area (Å²) in [6, 6.07) is 34.7. The van der Waals surface area contributed by atoms with Crippen molar-refractivity contribution in [1.82, 2.24) is 0 Å². The highest BCUT2D eigenvalue weighted by Gasteiger charge is 2.61. The molecule has 4 aromatic carbocycles. The summed E-state index contributed by atoms with van der Waals surface area (Å²) >= 11 is 0. The fraction of sp³-hybridized carbons (Fsp3) is 0.304. The number of allylic oxidation sites excluding steroid dienone is 5. The summed E-state index contributed by atoms with van der Waals surface area (Å²) in [5.74, 6) is 4.39.